The highest BCUT2D eigenvalue weighted by Gasteiger charge is 2.32. The number of rotatable bonds is 6. The van der Waals surface area contributed by atoms with E-state index in [4.69, 9.17) is 0 Å². The number of tetrazole rings is 1. The molecule has 0 unspecified atom stereocenters. The number of hydrogen-bond acceptors (Lipinski definition) is 6. The van der Waals surface area contributed by atoms with Gasteiger partial charge in [-0.1, -0.05) is 42.5 Å². The molecule has 1 aliphatic heterocycles. The highest BCUT2D eigenvalue weighted by atomic mass is 16.2. The first-order chi connectivity index (χ1) is 13.7. The Kier molecular flexibility index (Phi) is 4.67. The average Bonchev–Trinajstić information content (AvgIpc) is 3.32. The Labute approximate surface area is 161 Å². The molecule has 0 atom stereocenters. The first-order valence-electron chi connectivity index (χ1n) is 8.92. The van der Waals surface area contributed by atoms with Crippen LogP contribution >= 0.6 is 0 Å². The van der Waals surface area contributed by atoms with Crippen LogP contribution in [0.1, 0.15) is 12.5 Å². The maximum absolute atomic E-state index is 12.6. The number of aromatic nitrogens is 4. The minimum absolute atomic E-state index is 0.283. The number of imide groups is 1. The second kappa shape index (κ2) is 7.43. The standard InChI is InChI=1S/C20H18N6O2/c1-2-25-23-19(22-24-25)15-10-8-14(9-11-15)13-21-17-12-18(27)26(20(17)28)16-6-4-3-5-7-16/h3-12,21H,2,13H2,1H3. The molecular formula is C20H18N6O2. The van der Waals surface area contributed by atoms with Crippen molar-refractivity contribution in [2.45, 2.75) is 20.0 Å². The number of para-hydroxylation sites is 1. The summed E-state index contributed by atoms with van der Waals surface area (Å²) in [6.45, 7) is 3.03. The summed E-state index contributed by atoms with van der Waals surface area (Å²) in [5.74, 6) is -0.133. The third-order valence-electron chi connectivity index (χ3n) is 4.37. The van der Waals surface area contributed by atoms with Gasteiger partial charge in [-0.25, -0.2) is 4.90 Å². The summed E-state index contributed by atoms with van der Waals surface area (Å²) in [5.41, 5.74) is 2.67. The van der Waals surface area contributed by atoms with Gasteiger partial charge in [0.2, 0.25) is 5.82 Å². The Morgan fingerprint density at radius 1 is 1.00 bits per heavy atom. The topological polar surface area (TPSA) is 93.0 Å². The van der Waals surface area contributed by atoms with E-state index in [1.165, 1.54) is 10.9 Å². The zero-order chi connectivity index (χ0) is 19.5. The van der Waals surface area contributed by atoms with Crippen molar-refractivity contribution in [1.29, 1.82) is 0 Å². The number of nitrogens with one attached hydrogen (secondary N) is 1. The predicted molar refractivity (Wildman–Crippen MR) is 103 cm³/mol. The van der Waals surface area contributed by atoms with Gasteiger partial charge >= 0.3 is 0 Å². The summed E-state index contributed by atoms with van der Waals surface area (Å²) in [7, 11) is 0. The lowest BCUT2D eigenvalue weighted by atomic mass is 10.1. The molecule has 8 nitrogen and oxygen atoms in total. The van der Waals surface area contributed by atoms with Crippen molar-refractivity contribution < 1.29 is 9.59 Å². The normalized spacial score (nSPS) is 13.8. The van der Waals surface area contributed by atoms with Crippen molar-refractivity contribution in [3.63, 3.8) is 0 Å². The number of carbonyl (C=O) groups is 2. The van der Waals surface area contributed by atoms with Gasteiger partial charge in [-0.2, -0.15) is 4.80 Å². The van der Waals surface area contributed by atoms with E-state index in [2.05, 4.69) is 20.7 Å². The summed E-state index contributed by atoms with van der Waals surface area (Å²) in [6, 6.07) is 16.5. The van der Waals surface area contributed by atoms with Gasteiger partial charge < -0.3 is 5.32 Å². The van der Waals surface area contributed by atoms with Gasteiger partial charge in [-0.3, -0.25) is 9.59 Å². The second-order valence-corrected chi connectivity index (χ2v) is 6.22. The van der Waals surface area contributed by atoms with Crippen LogP contribution in [0.25, 0.3) is 11.4 Å². The van der Waals surface area contributed by atoms with E-state index in [9.17, 15) is 9.59 Å². The number of aryl methyl sites for hydroxylation is 1. The number of amides is 2. The SMILES string of the molecule is CCn1nnc(-c2ccc(CNC3=CC(=O)N(c4ccccc4)C3=O)cc2)n1. The molecular weight excluding hydrogens is 356 g/mol. The number of anilines is 1. The largest absolute Gasteiger partial charge is 0.376 e. The fourth-order valence-electron chi connectivity index (χ4n) is 2.88. The van der Waals surface area contributed by atoms with E-state index in [0.29, 0.717) is 24.6 Å². The van der Waals surface area contributed by atoms with E-state index < -0.39 is 0 Å². The average molecular weight is 374 g/mol. The zero-order valence-electron chi connectivity index (χ0n) is 15.2. The van der Waals surface area contributed by atoms with Crippen molar-refractivity contribution >= 4 is 17.5 Å². The predicted octanol–water partition coefficient (Wildman–Crippen LogP) is 1.91. The van der Waals surface area contributed by atoms with Crippen molar-refractivity contribution in [2.24, 2.45) is 0 Å². The van der Waals surface area contributed by atoms with Crippen LogP contribution in [0.4, 0.5) is 5.69 Å². The molecule has 2 aromatic carbocycles. The minimum Gasteiger partial charge on any atom is -0.376 e. The molecule has 4 rings (SSSR count). The third-order valence-corrected chi connectivity index (χ3v) is 4.37. The Hall–Kier alpha value is -3.81. The van der Waals surface area contributed by atoms with Crippen LogP contribution in [0.3, 0.4) is 0 Å². The summed E-state index contributed by atoms with van der Waals surface area (Å²) >= 11 is 0. The molecule has 2 amide bonds. The summed E-state index contributed by atoms with van der Waals surface area (Å²) in [4.78, 5) is 27.4. The maximum Gasteiger partial charge on any atom is 0.281 e. The Bertz CT molecular complexity index is 1040. The Morgan fingerprint density at radius 2 is 1.75 bits per heavy atom. The van der Waals surface area contributed by atoms with Crippen molar-refractivity contribution in [1.82, 2.24) is 25.5 Å². The number of nitrogens with zero attached hydrogens (tertiary/aromatic N) is 5. The molecule has 2 heterocycles. The monoisotopic (exact) mass is 374 g/mol. The highest BCUT2D eigenvalue weighted by Crippen LogP contribution is 2.21. The smallest absolute Gasteiger partial charge is 0.281 e. The van der Waals surface area contributed by atoms with Crippen LogP contribution in [0.15, 0.2) is 66.4 Å². The minimum atomic E-state index is -0.354. The molecule has 0 aliphatic carbocycles. The lowest BCUT2D eigenvalue weighted by molar-refractivity contribution is -0.120. The van der Waals surface area contributed by atoms with Crippen LogP contribution in [-0.4, -0.2) is 32.0 Å². The van der Waals surface area contributed by atoms with Gasteiger partial charge in [0.15, 0.2) is 0 Å². The second-order valence-electron chi connectivity index (χ2n) is 6.22. The van der Waals surface area contributed by atoms with E-state index in [-0.39, 0.29) is 17.5 Å². The van der Waals surface area contributed by atoms with Gasteiger partial charge in [0, 0.05) is 18.2 Å². The fraction of sp³-hybridized carbons (Fsp3) is 0.150. The van der Waals surface area contributed by atoms with E-state index in [1.807, 2.05) is 37.3 Å². The molecule has 1 aliphatic rings. The number of carbonyl (C=O) groups excluding carboxylic acids is 2. The molecule has 28 heavy (non-hydrogen) atoms. The molecule has 0 spiro atoms. The van der Waals surface area contributed by atoms with Crippen molar-refractivity contribution in [2.75, 3.05) is 4.90 Å². The van der Waals surface area contributed by atoms with Crippen LogP contribution in [0, 0.1) is 0 Å². The van der Waals surface area contributed by atoms with E-state index in [0.717, 1.165) is 16.0 Å². The molecule has 0 bridgehead atoms. The molecule has 0 saturated carbocycles. The van der Waals surface area contributed by atoms with Gasteiger partial charge in [0.1, 0.15) is 5.70 Å². The van der Waals surface area contributed by atoms with E-state index >= 15 is 0 Å². The number of hydrogen-bond donors (Lipinski definition) is 1. The lowest BCUT2D eigenvalue weighted by Gasteiger charge is -2.15. The summed E-state index contributed by atoms with van der Waals surface area (Å²) < 4.78 is 0. The van der Waals surface area contributed by atoms with Crippen LogP contribution in [0.5, 0.6) is 0 Å². The van der Waals surface area contributed by atoms with Crippen molar-refractivity contribution in [3.05, 3.63) is 71.9 Å². The molecule has 3 aromatic rings. The lowest BCUT2D eigenvalue weighted by Crippen LogP contribution is -2.33. The van der Waals surface area contributed by atoms with Gasteiger partial charge in [0.05, 0.1) is 12.2 Å². The van der Waals surface area contributed by atoms with Gasteiger partial charge in [-0.15, -0.1) is 10.2 Å². The van der Waals surface area contributed by atoms with Crippen LogP contribution < -0.4 is 10.2 Å². The molecule has 8 heteroatoms. The Morgan fingerprint density at radius 3 is 2.43 bits per heavy atom. The maximum atomic E-state index is 12.6. The van der Waals surface area contributed by atoms with Gasteiger partial charge in [0.25, 0.3) is 11.8 Å². The molecule has 0 saturated heterocycles. The van der Waals surface area contributed by atoms with Crippen LogP contribution in [0.2, 0.25) is 0 Å². The first-order valence-corrected chi connectivity index (χ1v) is 8.92. The van der Waals surface area contributed by atoms with Gasteiger partial charge in [-0.05, 0) is 29.8 Å². The molecule has 1 aromatic heterocycles. The van der Waals surface area contributed by atoms with E-state index in [1.54, 1.807) is 24.3 Å². The zero-order valence-corrected chi connectivity index (χ0v) is 15.2. The molecule has 0 fully saturated rings. The van der Waals surface area contributed by atoms with Crippen molar-refractivity contribution in [3.8, 4) is 11.4 Å². The first kappa shape index (κ1) is 17.6. The molecule has 140 valence electrons. The molecule has 1 N–H and O–H groups in total. The third kappa shape index (κ3) is 3.39. The summed E-state index contributed by atoms with van der Waals surface area (Å²) in [6.07, 6.45) is 1.33. The number of benzene rings is 2. The molecule has 0 radical (unpaired) electrons. The Balaban J connectivity index is 1.41. The van der Waals surface area contributed by atoms with Crippen LogP contribution in [-0.2, 0) is 22.7 Å². The summed E-state index contributed by atoms with van der Waals surface area (Å²) in [5, 5.41) is 15.3. The fourth-order valence-corrected chi connectivity index (χ4v) is 2.88. The highest BCUT2D eigenvalue weighted by molar-refractivity contribution is 6.30. The quantitative estimate of drug-likeness (QED) is 0.663.